The zero-order chi connectivity index (χ0) is 2.71. The molecule has 0 aliphatic heterocycles. The minimum atomic E-state index is 0. The van der Waals surface area contributed by atoms with Crippen molar-refractivity contribution in [3.63, 3.8) is 0 Å². The average molecular weight is 508 g/mol. The van der Waals surface area contributed by atoms with E-state index in [0.717, 1.165) is 0 Å². The Morgan fingerprint density at radius 1 is 1.25 bits per heavy atom. The molecule has 0 spiro atoms. The first kappa shape index (κ1) is 9.82. The van der Waals surface area contributed by atoms with Gasteiger partial charge < -0.3 is 0 Å². The topological polar surface area (TPSA) is 0 Å². The van der Waals surface area contributed by atoms with Crippen LogP contribution in [-0.2, 0) is 28.0 Å². The van der Waals surface area contributed by atoms with Gasteiger partial charge in [-0.25, -0.2) is 0 Å². The molecule has 0 saturated heterocycles. The summed E-state index contributed by atoms with van der Waals surface area (Å²) in [4.78, 5) is 0. The molecular weight excluding hydrogens is 508 g/mol. The van der Waals surface area contributed by atoms with Crippen molar-refractivity contribution in [2.75, 3.05) is 0 Å². The second-order valence-electron chi connectivity index (χ2n) is 0.0452. The third-order valence-corrected chi connectivity index (χ3v) is 0. The van der Waals surface area contributed by atoms with Gasteiger partial charge in [0, 0.05) is 16.8 Å². The molecule has 0 nitrogen and oxygen atoms in total. The molecular formula is CoI2Pt. The van der Waals surface area contributed by atoms with Gasteiger partial charge in [0.15, 0.2) is 0 Å². The van der Waals surface area contributed by atoms with Crippen LogP contribution in [0.3, 0.4) is 0 Å². The molecule has 0 saturated carbocycles. The monoisotopic (exact) mass is 508 g/mol. The normalized spacial score (nSPS) is 5.50. The third-order valence-electron chi connectivity index (χ3n) is 0. The van der Waals surface area contributed by atoms with Crippen LogP contribution in [0.5, 0.6) is 0 Å². The van der Waals surface area contributed by atoms with Crippen molar-refractivity contribution in [2.45, 2.75) is 0 Å². The number of hydrogen-bond donors (Lipinski definition) is 0. The summed E-state index contributed by atoms with van der Waals surface area (Å²) in [6.07, 6.45) is 0. The summed E-state index contributed by atoms with van der Waals surface area (Å²) in [7, 11) is 0. The fraction of sp³-hybridized carbons (Fsp3) is 0. The van der Waals surface area contributed by atoms with Crippen molar-refractivity contribution in [1.82, 2.24) is 0 Å². The van der Waals surface area contributed by atoms with Crippen molar-refractivity contribution in [3.05, 3.63) is 0 Å². The minimum absolute atomic E-state index is 0. The SMILES string of the molecule is [Co].[I][Pt][I]. The Balaban J connectivity index is 0. The maximum atomic E-state index is 2.39. The number of rotatable bonds is 0. The Kier molecular flexibility index (Phi) is 22.5. The van der Waals surface area contributed by atoms with Crippen LogP contribution in [0.25, 0.3) is 0 Å². The van der Waals surface area contributed by atoms with Gasteiger partial charge in [0.05, 0.1) is 0 Å². The Hall–Kier alpha value is 2.65. The van der Waals surface area contributed by atoms with E-state index in [0.29, 0.717) is 11.2 Å². The molecule has 4 heavy (non-hydrogen) atoms. The zero-order valence-electron chi connectivity index (χ0n) is 1.41. The first-order valence-corrected chi connectivity index (χ1v) is 13.1. The standard InChI is InChI=1S/Co.2HI.Pt/h;2*1H;/q;;;+2/p-2. The second-order valence-corrected chi connectivity index (χ2v) is 16.6. The molecule has 0 amide bonds. The maximum absolute atomic E-state index is 2.39. The summed E-state index contributed by atoms with van der Waals surface area (Å²) < 4.78 is 0. The van der Waals surface area contributed by atoms with Gasteiger partial charge in [0.2, 0.25) is 0 Å². The van der Waals surface area contributed by atoms with Crippen LogP contribution in [-0.4, -0.2) is 0 Å². The van der Waals surface area contributed by atoms with Crippen molar-refractivity contribution in [3.8, 4) is 0 Å². The molecule has 0 aromatic heterocycles. The summed E-state index contributed by atoms with van der Waals surface area (Å²) in [5.74, 6) is 0. The molecule has 0 N–H and O–H groups in total. The summed E-state index contributed by atoms with van der Waals surface area (Å²) >= 11 is 5.30. The van der Waals surface area contributed by atoms with Crippen molar-refractivity contribution >= 4 is 38.7 Å². The second kappa shape index (κ2) is 9.17. The molecule has 0 fully saturated rings. The molecule has 0 unspecified atom stereocenters. The van der Waals surface area contributed by atoms with Crippen molar-refractivity contribution in [2.24, 2.45) is 0 Å². The van der Waals surface area contributed by atoms with Gasteiger partial charge in [0.25, 0.3) is 0 Å². The van der Waals surface area contributed by atoms with Crippen LogP contribution in [0.2, 0.25) is 0 Å². The van der Waals surface area contributed by atoms with Crippen LogP contribution in [0, 0.1) is 0 Å². The molecule has 0 aromatic carbocycles. The Morgan fingerprint density at radius 3 is 1.25 bits per heavy atom. The van der Waals surface area contributed by atoms with Crippen LogP contribution >= 0.6 is 38.7 Å². The number of hydrogen-bond acceptors (Lipinski definition) is 0. The van der Waals surface area contributed by atoms with Gasteiger partial charge in [-0.15, -0.1) is 0 Å². The van der Waals surface area contributed by atoms with Crippen molar-refractivity contribution < 1.29 is 28.0 Å². The van der Waals surface area contributed by atoms with Gasteiger partial charge >= 0.3 is 49.9 Å². The van der Waals surface area contributed by atoms with E-state index in [1.54, 1.807) is 0 Å². The first-order valence-electron chi connectivity index (χ1n) is 0.239. The van der Waals surface area contributed by atoms with E-state index in [-0.39, 0.29) is 16.8 Å². The molecule has 0 aliphatic rings. The molecule has 0 aromatic rings. The third kappa shape index (κ3) is 8.82. The van der Waals surface area contributed by atoms with Crippen LogP contribution in [0.15, 0.2) is 0 Å². The van der Waals surface area contributed by atoms with E-state index in [4.69, 9.17) is 0 Å². The fourth-order valence-corrected chi connectivity index (χ4v) is 0. The molecule has 1 radical (unpaired) electrons. The average Bonchev–Trinajstić information content (AvgIpc) is 0.918. The predicted octanol–water partition coefficient (Wildman–Crippen LogP) is 1.77. The molecule has 0 atom stereocenters. The van der Waals surface area contributed by atoms with Crippen LogP contribution < -0.4 is 0 Å². The van der Waals surface area contributed by atoms with Gasteiger partial charge in [-0.1, -0.05) is 0 Å². The van der Waals surface area contributed by atoms with E-state index in [2.05, 4.69) is 38.7 Å². The quantitative estimate of drug-likeness (QED) is 0.439. The van der Waals surface area contributed by atoms with Gasteiger partial charge in [0.1, 0.15) is 0 Å². The Bertz CT molecular complexity index is 6.00. The predicted molar refractivity (Wildman–Crippen MR) is 28.0 cm³/mol. The Labute approximate surface area is 65.3 Å². The van der Waals surface area contributed by atoms with E-state index in [1.807, 2.05) is 0 Å². The fourth-order valence-electron chi connectivity index (χ4n) is 0. The Morgan fingerprint density at radius 2 is 1.25 bits per heavy atom. The van der Waals surface area contributed by atoms with E-state index in [1.165, 1.54) is 0 Å². The molecule has 0 rings (SSSR count). The summed E-state index contributed by atoms with van der Waals surface area (Å²) in [5, 5.41) is 0. The molecule has 0 heterocycles. The van der Waals surface area contributed by atoms with Gasteiger partial charge in [-0.2, -0.15) is 0 Å². The van der Waals surface area contributed by atoms with Crippen molar-refractivity contribution in [1.29, 1.82) is 0 Å². The molecule has 33 valence electrons. The molecule has 0 bridgehead atoms. The van der Waals surface area contributed by atoms with Crippen LogP contribution in [0.4, 0.5) is 0 Å². The van der Waals surface area contributed by atoms with E-state index < -0.39 is 0 Å². The summed E-state index contributed by atoms with van der Waals surface area (Å²) in [5.41, 5.74) is 0. The van der Waals surface area contributed by atoms with Gasteiger partial charge in [-0.05, 0) is 0 Å². The van der Waals surface area contributed by atoms with E-state index >= 15 is 0 Å². The molecule has 4 heteroatoms. The number of halogens is 2. The van der Waals surface area contributed by atoms with Gasteiger partial charge in [-0.3, -0.25) is 0 Å². The van der Waals surface area contributed by atoms with E-state index in [9.17, 15) is 0 Å². The first-order chi connectivity index (χ1) is 1.41. The van der Waals surface area contributed by atoms with Crippen LogP contribution in [0.1, 0.15) is 0 Å². The summed E-state index contributed by atoms with van der Waals surface area (Å²) in [6, 6.07) is 0. The zero-order valence-corrected chi connectivity index (χ0v) is 9.03. The molecule has 0 aliphatic carbocycles. The summed E-state index contributed by atoms with van der Waals surface area (Å²) in [6.45, 7) is 0.